The summed E-state index contributed by atoms with van der Waals surface area (Å²) in [7, 11) is 1.82. The van der Waals surface area contributed by atoms with Crippen LogP contribution in [0.1, 0.15) is 11.4 Å². The zero-order valence-electron chi connectivity index (χ0n) is 16.8. The number of hydrogen-bond donors (Lipinski definition) is 2. The summed E-state index contributed by atoms with van der Waals surface area (Å²) >= 11 is 1.45. The van der Waals surface area contributed by atoms with Crippen molar-refractivity contribution in [1.82, 2.24) is 14.9 Å². The van der Waals surface area contributed by atoms with E-state index in [-0.39, 0.29) is 18.0 Å². The molecule has 0 unspecified atom stereocenters. The van der Waals surface area contributed by atoms with Gasteiger partial charge in [-0.05, 0) is 31.7 Å². The molecule has 2 aromatic heterocycles. The van der Waals surface area contributed by atoms with Crippen molar-refractivity contribution in [2.75, 3.05) is 18.9 Å². The first-order chi connectivity index (χ1) is 14.5. The molecule has 152 valence electrons. The van der Waals surface area contributed by atoms with Gasteiger partial charge in [-0.2, -0.15) is 0 Å². The molecular weight excluding hydrogens is 396 g/mol. The van der Waals surface area contributed by atoms with Gasteiger partial charge in [0.15, 0.2) is 0 Å². The van der Waals surface area contributed by atoms with Gasteiger partial charge >= 0.3 is 0 Å². The lowest BCUT2D eigenvalue weighted by Crippen LogP contribution is -2.31. The molecular formula is C23H22N4O2S. The predicted octanol–water partition coefficient (Wildman–Crippen LogP) is 4.03. The highest BCUT2D eigenvalue weighted by Gasteiger charge is 2.14. The van der Waals surface area contributed by atoms with Crippen molar-refractivity contribution in [2.24, 2.45) is 0 Å². The third kappa shape index (κ3) is 4.48. The summed E-state index contributed by atoms with van der Waals surface area (Å²) in [5, 5.41) is 5.45. The Morgan fingerprint density at radius 1 is 1.13 bits per heavy atom. The van der Waals surface area contributed by atoms with Crippen molar-refractivity contribution in [3.63, 3.8) is 0 Å². The number of carbonyl (C=O) groups is 1. The number of hydrogen-bond acceptors (Lipinski definition) is 5. The highest BCUT2D eigenvalue weighted by atomic mass is 32.1. The van der Waals surface area contributed by atoms with Crippen LogP contribution in [0.25, 0.3) is 21.3 Å². The molecule has 0 spiro atoms. The van der Waals surface area contributed by atoms with Crippen LogP contribution in [-0.2, 0) is 11.3 Å². The van der Waals surface area contributed by atoms with Gasteiger partial charge in [0.05, 0.1) is 18.5 Å². The summed E-state index contributed by atoms with van der Waals surface area (Å²) in [5.41, 5.74) is 3.63. The molecule has 2 N–H and O–H groups in total. The molecule has 2 heterocycles. The number of aromatic amines is 1. The van der Waals surface area contributed by atoms with Gasteiger partial charge in [-0.25, -0.2) is 4.98 Å². The summed E-state index contributed by atoms with van der Waals surface area (Å²) in [5.74, 6) is 0.423. The zero-order chi connectivity index (χ0) is 21.1. The number of H-pyrrole nitrogens is 1. The number of fused-ring (bicyclic) bond motifs is 1. The summed E-state index contributed by atoms with van der Waals surface area (Å²) in [6.07, 6.45) is 0. The molecule has 7 heteroatoms. The Bertz CT molecular complexity index is 1230. The van der Waals surface area contributed by atoms with E-state index in [1.807, 2.05) is 78.8 Å². The van der Waals surface area contributed by atoms with E-state index >= 15 is 0 Å². The Labute approximate surface area is 178 Å². The van der Waals surface area contributed by atoms with Gasteiger partial charge in [0, 0.05) is 16.6 Å². The fraction of sp³-hybridized carbons (Fsp3) is 0.174. The Balaban J connectivity index is 1.46. The number of rotatable bonds is 6. The van der Waals surface area contributed by atoms with Crippen molar-refractivity contribution in [3.8, 4) is 11.1 Å². The number of benzene rings is 2. The number of amides is 1. The Kier molecular flexibility index (Phi) is 5.74. The second kappa shape index (κ2) is 8.61. The predicted molar refractivity (Wildman–Crippen MR) is 122 cm³/mol. The number of thiophene rings is 1. The third-order valence-corrected chi connectivity index (χ3v) is 5.62. The van der Waals surface area contributed by atoms with E-state index < -0.39 is 0 Å². The zero-order valence-corrected chi connectivity index (χ0v) is 17.6. The number of nitrogens with one attached hydrogen (secondary N) is 2. The molecule has 0 aliphatic carbocycles. The van der Waals surface area contributed by atoms with Gasteiger partial charge in [-0.15, -0.1) is 11.3 Å². The van der Waals surface area contributed by atoms with E-state index in [9.17, 15) is 9.59 Å². The van der Waals surface area contributed by atoms with Crippen LogP contribution in [0.2, 0.25) is 0 Å². The summed E-state index contributed by atoms with van der Waals surface area (Å²) in [6.45, 7) is 2.56. The fourth-order valence-electron chi connectivity index (χ4n) is 3.29. The maximum Gasteiger partial charge on any atom is 0.260 e. The monoisotopic (exact) mass is 418 g/mol. The lowest BCUT2D eigenvalue weighted by atomic mass is 10.1. The van der Waals surface area contributed by atoms with Crippen LogP contribution < -0.4 is 10.9 Å². The van der Waals surface area contributed by atoms with Crippen LogP contribution in [0.4, 0.5) is 5.69 Å². The SMILES string of the molecule is Cc1ccc(NC(=O)CN(C)Cc2nc3scc(-c4ccccc4)c3c(=O)[nH]2)cc1. The first kappa shape index (κ1) is 20.0. The summed E-state index contributed by atoms with van der Waals surface area (Å²) < 4.78 is 0. The van der Waals surface area contributed by atoms with Crippen LogP contribution in [0, 0.1) is 6.92 Å². The standard InChI is InChI=1S/C23H22N4O2S/c1-15-8-10-17(11-9-15)24-20(28)13-27(2)12-19-25-22(29)21-18(14-30-23(21)26-19)16-6-4-3-5-7-16/h3-11,14H,12-13H2,1-2H3,(H,24,28)(H,25,26,29). The van der Waals surface area contributed by atoms with E-state index in [2.05, 4.69) is 15.3 Å². The molecule has 0 atom stereocenters. The molecule has 0 saturated carbocycles. The van der Waals surface area contributed by atoms with Gasteiger partial charge in [-0.3, -0.25) is 14.5 Å². The molecule has 30 heavy (non-hydrogen) atoms. The number of likely N-dealkylation sites (N-methyl/N-ethyl adjacent to an activating group) is 1. The second-order valence-corrected chi connectivity index (χ2v) is 8.15. The first-order valence-electron chi connectivity index (χ1n) is 9.60. The molecule has 1 amide bonds. The van der Waals surface area contributed by atoms with Crippen molar-refractivity contribution < 1.29 is 4.79 Å². The van der Waals surface area contributed by atoms with Crippen molar-refractivity contribution in [2.45, 2.75) is 13.5 Å². The minimum absolute atomic E-state index is 0.118. The smallest absolute Gasteiger partial charge is 0.260 e. The number of aromatic nitrogens is 2. The number of nitrogens with zero attached hydrogens (tertiary/aromatic N) is 2. The van der Waals surface area contributed by atoms with Crippen molar-refractivity contribution in [1.29, 1.82) is 0 Å². The summed E-state index contributed by atoms with van der Waals surface area (Å²) in [4.78, 5) is 35.0. The minimum Gasteiger partial charge on any atom is -0.325 e. The van der Waals surface area contributed by atoms with Crippen LogP contribution in [-0.4, -0.2) is 34.4 Å². The third-order valence-electron chi connectivity index (χ3n) is 4.75. The van der Waals surface area contributed by atoms with Crippen LogP contribution in [0.15, 0.2) is 64.8 Å². The molecule has 2 aromatic carbocycles. The molecule has 0 aliphatic heterocycles. The van der Waals surface area contributed by atoms with Crippen LogP contribution in [0.3, 0.4) is 0 Å². The molecule has 0 fully saturated rings. The Hall–Kier alpha value is -3.29. The molecule has 0 bridgehead atoms. The largest absolute Gasteiger partial charge is 0.325 e. The molecule has 4 rings (SSSR count). The van der Waals surface area contributed by atoms with Gasteiger partial charge in [0.25, 0.3) is 5.56 Å². The lowest BCUT2D eigenvalue weighted by molar-refractivity contribution is -0.117. The van der Waals surface area contributed by atoms with Crippen molar-refractivity contribution >= 4 is 33.1 Å². The van der Waals surface area contributed by atoms with Gasteiger partial charge < -0.3 is 10.3 Å². The molecule has 4 aromatic rings. The average Bonchev–Trinajstić information content (AvgIpc) is 3.15. The van der Waals surface area contributed by atoms with E-state index in [1.165, 1.54) is 11.3 Å². The molecule has 0 saturated heterocycles. The highest BCUT2D eigenvalue weighted by Crippen LogP contribution is 2.30. The van der Waals surface area contributed by atoms with E-state index in [0.717, 1.165) is 22.4 Å². The second-order valence-electron chi connectivity index (χ2n) is 7.29. The van der Waals surface area contributed by atoms with Crippen LogP contribution >= 0.6 is 11.3 Å². The topological polar surface area (TPSA) is 78.1 Å². The number of anilines is 1. The highest BCUT2D eigenvalue weighted by molar-refractivity contribution is 7.17. The molecule has 6 nitrogen and oxygen atoms in total. The first-order valence-corrected chi connectivity index (χ1v) is 10.5. The van der Waals surface area contributed by atoms with Gasteiger partial charge in [-0.1, -0.05) is 48.0 Å². The quantitative estimate of drug-likeness (QED) is 0.496. The lowest BCUT2D eigenvalue weighted by Gasteiger charge is -2.15. The normalized spacial score (nSPS) is 11.2. The van der Waals surface area contributed by atoms with Gasteiger partial charge in [0.1, 0.15) is 10.7 Å². The van der Waals surface area contributed by atoms with Gasteiger partial charge in [0.2, 0.25) is 5.91 Å². The number of carbonyl (C=O) groups excluding carboxylic acids is 1. The maximum atomic E-state index is 12.7. The Morgan fingerprint density at radius 2 is 1.87 bits per heavy atom. The molecule has 0 radical (unpaired) electrons. The van der Waals surface area contributed by atoms with Crippen LogP contribution in [0.5, 0.6) is 0 Å². The van der Waals surface area contributed by atoms with E-state index in [4.69, 9.17) is 0 Å². The van der Waals surface area contributed by atoms with E-state index in [0.29, 0.717) is 22.6 Å². The average molecular weight is 419 g/mol. The minimum atomic E-state index is -0.160. The maximum absolute atomic E-state index is 12.7. The Morgan fingerprint density at radius 3 is 2.60 bits per heavy atom. The van der Waals surface area contributed by atoms with E-state index in [1.54, 1.807) is 0 Å². The summed E-state index contributed by atoms with van der Waals surface area (Å²) in [6, 6.07) is 17.5. The fourth-order valence-corrected chi connectivity index (χ4v) is 4.26. The van der Waals surface area contributed by atoms with Crippen molar-refractivity contribution in [3.05, 3.63) is 81.7 Å². The molecule has 0 aliphatic rings. The number of aryl methyl sites for hydroxylation is 1.